The van der Waals surface area contributed by atoms with E-state index < -0.39 is 29.8 Å². The number of halogens is 1. The van der Waals surface area contributed by atoms with Gasteiger partial charge in [-0.1, -0.05) is 30.3 Å². The van der Waals surface area contributed by atoms with Crippen LogP contribution in [-0.4, -0.2) is 32.0 Å². The van der Waals surface area contributed by atoms with E-state index in [0.29, 0.717) is 5.69 Å². The smallest absolute Gasteiger partial charge is 0.266 e. The Morgan fingerprint density at radius 2 is 1.55 bits per heavy atom. The number of hydrogen-bond donors (Lipinski definition) is 0. The minimum Gasteiger partial charge on any atom is -0.378 e. The van der Waals surface area contributed by atoms with Gasteiger partial charge in [0, 0.05) is 19.8 Å². The fourth-order valence-corrected chi connectivity index (χ4v) is 4.59. The molecule has 3 aromatic rings. The average molecular weight is 445 g/mol. The molecule has 3 aromatic carbocycles. The fourth-order valence-electron chi connectivity index (χ4n) is 4.59. The number of nitrogens with zero attached hydrogens (tertiary/aromatic N) is 3. The number of para-hydroxylation sites is 1. The van der Waals surface area contributed by atoms with Crippen molar-refractivity contribution >= 4 is 28.9 Å². The summed E-state index contributed by atoms with van der Waals surface area (Å²) in [6, 6.07) is 20.5. The summed E-state index contributed by atoms with van der Waals surface area (Å²) in [4.78, 5) is 36.2. The summed E-state index contributed by atoms with van der Waals surface area (Å²) in [5.41, 5.74) is 4.02. The van der Waals surface area contributed by atoms with Gasteiger partial charge in [-0.3, -0.25) is 14.4 Å². The molecule has 6 nitrogen and oxygen atoms in total. The summed E-state index contributed by atoms with van der Waals surface area (Å²) in [5, 5.41) is 1.70. The number of carbonyl (C=O) groups is 2. The van der Waals surface area contributed by atoms with Crippen LogP contribution in [0.4, 0.5) is 21.5 Å². The van der Waals surface area contributed by atoms with Crippen LogP contribution in [0.2, 0.25) is 0 Å². The minimum atomic E-state index is -0.958. The number of hydroxylamine groups is 1. The van der Waals surface area contributed by atoms with Crippen LogP contribution in [0.15, 0.2) is 72.8 Å². The van der Waals surface area contributed by atoms with Crippen molar-refractivity contribution in [2.75, 3.05) is 29.0 Å². The first-order valence-corrected chi connectivity index (χ1v) is 10.8. The van der Waals surface area contributed by atoms with Crippen molar-refractivity contribution in [2.24, 2.45) is 5.92 Å². The van der Waals surface area contributed by atoms with Gasteiger partial charge in [-0.05, 0) is 60.5 Å². The lowest BCUT2D eigenvalue weighted by Crippen LogP contribution is -2.37. The molecule has 0 unspecified atom stereocenters. The molecule has 0 saturated carbocycles. The Hall–Kier alpha value is -3.71. The second-order valence-corrected chi connectivity index (χ2v) is 8.58. The van der Waals surface area contributed by atoms with Crippen molar-refractivity contribution in [3.8, 4) is 0 Å². The maximum Gasteiger partial charge on any atom is 0.266 e. The lowest BCUT2D eigenvalue weighted by molar-refractivity contribution is -0.126. The minimum absolute atomic E-state index is 0.341. The zero-order chi connectivity index (χ0) is 23.3. The Morgan fingerprint density at radius 1 is 0.879 bits per heavy atom. The molecule has 0 N–H and O–H groups in total. The van der Waals surface area contributed by atoms with Crippen molar-refractivity contribution in [3.05, 3.63) is 89.7 Å². The second-order valence-electron chi connectivity index (χ2n) is 8.58. The summed E-state index contributed by atoms with van der Waals surface area (Å²) < 4.78 is 13.4. The van der Waals surface area contributed by atoms with E-state index in [1.165, 1.54) is 24.3 Å². The molecule has 0 aliphatic carbocycles. The third-order valence-electron chi connectivity index (χ3n) is 6.30. The highest BCUT2D eigenvalue weighted by Gasteiger charge is 2.60. The number of anilines is 3. The molecule has 5 rings (SSSR count). The van der Waals surface area contributed by atoms with Crippen LogP contribution in [-0.2, 0) is 14.4 Å². The van der Waals surface area contributed by atoms with Crippen LogP contribution in [0.5, 0.6) is 0 Å². The Balaban J connectivity index is 1.58. The molecule has 2 saturated heterocycles. The highest BCUT2D eigenvalue weighted by molar-refractivity contribution is 6.23. The molecule has 0 spiro atoms. The van der Waals surface area contributed by atoms with Crippen LogP contribution in [0.3, 0.4) is 0 Å². The van der Waals surface area contributed by atoms with Crippen LogP contribution >= 0.6 is 0 Å². The number of aryl methyl sites for hydroxylation is 1. The van der Waals surface area contributed by atoms with Crippen molar-refractivity contribution in [1.29, 1.82) is 0 Å². The van der Waals surface area contributed by atoms with Crippen LogP contribution in [0.25, 0.3) is 0 Å². The van der Waals surface area contributed by atoms with Gasteiger partial charge in [0.25, 0.3) is 5.91 Å². The third kappa shape index (κ3) is 3.45. The number of benzene rings is 3. The van der Waals surface area contributed by atoms with Crippen LogP contribution in [0.1, 0.15) is 17.2 Å². The van der Waals surface area contributed by atoms with E-state index in [-0.39, 0.29) is 5.91 Å². The maximum atomic E-state index is 13.6. The molecule has 3 atom stereocenters. The number of hydrogen-bond acceptors (Lipinski definition) is 5. The quantitative estimate of drug-likeness (QED) is 0.562. The van der Waals surface area contributed by atoms with E-state index in [0.717, 1.165) is 27.4 Å². The Morgan fingerprint density at radius 3 is 2.18 bits per heavy atom. The molecule has 2 heterocycles. The molecule has 7 heteroatoms. The molecule has 0 aromatic heterocycles. The number of amides is 2. The van der Waals surface area contributed by atoms with E-state index >= 15 is 0 Å². The van der Waals surface area contributed by atoms with Gasteiger partial charge < -0.3 is 4.90 Å². The number of carbonyl (C=O) groups excluding carboxylic acids is 2. The molecule has 2 fully saturated rings. The molecule has 2 amide bonds. The van der Waals surface area contributed by atoms with E-state index in [4.69, 9.17) is 4.84 Å². The van der Waals surface area contributed by atoms with Crippen LogP contribution in [0, 0.1) is 18.7 Å². The molecule has 0 bridgehead atoms. The Kier molecular flexibility index (Phi) is 5.13. The van der Waals surface area contributed by atoms with E-state index in [1.807, 2.05) is 74.4 Å². The lowest BCUT2D eigenvalue weighted by atomic mass is 9.90. The summed E-state index contributed by atoms with van der Waals surface area (Å²) in [7, 11) is 3.92. The van der Waals surface area contributed by atoms with Gasteiger partial charge in [-0.25, -0.2) is 14.4 Å². The first-order chi connectivity index (χ1) is 15.9. The fraction of sp³-hybridized carbons (Fsp3) is 0.231. The van der Waals surface area contributed by atoms with Gasteiger partial charge in [-0.2, -0.15) is 0 Å². The van der Waals surface area contributed by atoms with Crippen molar-refractivity contribution < 1.29 is 18.8 Å². The summed E-state index contributed by atoms with van der Waals surface area (Å²) in [5.74, 6) is -1.96. The van der Waals surface area contributed by atoms with Gasteiger partial charge in [0.2, 0.25) is 5.91 Å². The van der Waals surface area contributed by atoms with Crippen LogP contribution < -0.4 is 14.9 Å². The first-order valence-electron chi connectivity index (χ1n) is 10.8. The summed E-state index contributed by atoms with van der Waals surface area (Å²) in [6.07, 6.45) is -0.958. The largest absolute Gasteiger partial charge is 0.378 e. The van der Waals surface area contributed by atoms with Gasteiger partial charge in [0.05, 0.1) is 17.4 Å². The van der Waals surface area contributed by atoms with Crippen molar-refractivity contribution in [3.63, 3.8) is 0 Å². The lowest BCUT2D eigenvalue weighted by Gasteiger charge is -2.30. The molecular formula is C26H24FN3O3. The Bertz CT molecular complexity index is 1210. The maximum absolute atomic E-state index is 13.6. The molecule has 33 heavy (non-hydrogen) atoms. The average Bonchev–Trinajstić information content (AvgIpc) is 3.31. The summed E-state index contributed by atoms with van der Waals surface area (Å²) in [6.45, 7) is 1.97. The normalized spacial score (nSPS) is 22.1. The molecule has 168 valence electrons. The van der Waals surface area contributed by atoms with Gasteiger partial charge in [-0.15, -0.1) is 0 Å². The zero-order valence-corrected chi connectivity index (χ0v) is 18.6. The van der Waals surface area contributed by atoms with E-state index in [2.05, 4.69) is 0 Å². The second kappa shape index (κ2) is 8.01. The molecule has 2 aliphatic rings. The molecular weight excluding hydrogens is 421 g/mol. The monoisotopic (exact) mass is 445 g/mol. The van der Waals surface area contributed by atoms with Gasteiger partial charge >= 0.3 is 0 Å². The predicted octanol–water partition coefficient (Wildman–Crippen LogP) is 4.25. The standard InChI is InChI=1S/C26H24FN3O3/c1-16-6-4-5-7-21(16)30-23(17-8-12-19(13-9-17)28(2)3)22-24(33-30)26(32)29(25(22)31)20-14-10-18(27)11-15-20/h4-15,22-24H,1-3H3/t22-,23+,24-/m0/s1. The highest BCUT2D eigenvalue weighted by Crippen LogP contribution is 2.48. The van der Waals surface area contributed by atoms with Gasteiger partial charge in [0.15, 0.2) is 6.10 Å². The topological polar surface area (TPSA) is 53.1 Å². The summed E-state index contributed by atoms with van der Waals surface area (Å²) >= 11 is 0. The number of imide groups is 1. The molecule has 0 radical (unpaired) electrons. The van der Waals surface area contributed by atoms with E-state index in [9.17, 15) is 14.0 Å². The number of fused-ring (bicyclic) bond motifs is 1. The van der Waals surface area contributed by atoms with Crippen molar-refractivity contribution in [1.82, 2.24) is 0 Å². The first kappa shape index (κ1) is 21.2. The van der Waals surface area contributed by atoms with Crippen molar-refractivity contribution in [2.45, 2.75) is 19.1 Å². The SMILES string of the molecule is Cc1ccccc1N1O[C@@H]2C(=O)N(c3ccc(F)cc3)C(=O)[C@H]2[C@H]1c1ccc(N(C)C)cc1. The number of rotatable bonds is 4. The highest BCUT2D eigenvalue weighted by atomic mass is 19.1. The predicted molar refractivity (Wildman–Crippen MR) is 124 cm³/mol. The zero-order valence-electron chi connectivity index (χ0n) is 18.6. The van der Waals surface area contributed by atoms with E-state index in [1.54, 1.807) is 5.06 Å². The van der Waals surface area contributed by atoms with Gasteiger partial charge in [0.1, 0.15) is 11.7 Å². The molecule has 2 aliphatic heterocycles. The third-order valence-corrected chi connectivity index (χ3v) is 6.30. The Labute approximate surface area is 191 Å².